The molecule has 3 rings (SSSR count). The first-order valence-electron chi connectivity index (χ1n) is 6.47. The molecule has 1 heterocycles. The summed E-state index contributed by atoms with van der Waals surface area (Å²) in [5, 5.41) is 0.942. The number of fused-ring (bicyclic) bond motifs is 1. The summed E-state index contributed by atoms with van der Waals surface area (Å²) in [5.41, 5.74) is 7.35. The average molecular weight is 245 g/mol. The van der Waals surface area contributed by atoms with Crippen LogP contribution in [0.3, 0.4) is 0 Å². The number of hydrogen-bond acceptors (Lipinski definition) is 3. The van der Waals surface area contributed by atoms with Crippen LogP contribution in [0.5, 0.6) is 0 Å². The molecule has 2 N–H and O–H groups in total. The van der Waals surface area contributed by atoms with Crippen LogP contribution in [-0.4, -0.2) is 9.97 Å². The van der Waals surface area contributed by atoms with Gasteiger partial charge in [0.1, 0.15) is 5.82 Å². The van der Waals surface area contributed by atoms with Gasteiger partial charge in [-0.2, -0.15) is 0 Å². The number of benzene rings is 1. The second-order valence-electron chi connectivity index (χ2n) is 4.96. The molecule has 1 aromatic heterocycles. The van der Waals surface area contributed by atoms with Crippen LogP contribution >= 0.6 is 0 Å². The summed E-state index contributed by atoms with van der Waals surface area (Å²) < 4.78 is 13.2. The highest BCUT2D eigenvalue weighted by Crippen LogP contribution is 2.35. The van der Waals surface area contributed by atoms with Gasteiger partial charge in [0.15, 0.2) is 0 Å². The molecular weight excluding hydrogens is 229 g/mol. The molecule has 1 aliphatic rings. The second kappa shape index (κ2) is 4.52. The van der Waals surface area contributed by atoms with Gasteiger partial charge in [0, 0.05) is 17.4 Å². The number of nitrogen functional groups attached to an aromatic ring is 1. The lowest BCUT2D eigenvalue weighted by Gasteiger charge is -2.22. The number of anilines is 1. The predicted molar refractivity (Wildman–Crippen MR) is 69.7 cm³/mol. The summed E-state index contributed by atoms with van der Waals surface area (Å²) in [6, 6.07) is 4.67. The first-order valence-corrected chi connectivity index (χ1v) is 6.47. The zero-order valence-corrected chi connectivity index (χ0v) is 10.2. The number of halogens is 1. The normalized spacial score (nSPS) is 17.2. The molecule has 0 unspecified atom stereocenters. The van der Waals surface area contributed by atoms with Crippen molar-refractivity contribution < 1.29 is 4.39 Å². The van der Waals surface area contributed by atoms with E-state index in [0.29, 0.717) is 11.4 Å². The topological polar surface area (TPSA) is 51.8 Å². The summed E-state index contributed by atoms with van der Waals surface area (Å²) in [6.45, 7) is 0. The smallest absolute Gasteiger partial charge is 0.220 e. The van der Waals surface area contributed by atoms with Crippen molar-refractivity contribution in [1.82, 2.24) is 9.97 Å². The molecule has 0 bridgehead atoms. The first-order chi connectivity index (χ1) is 8.74. The standard InChI is InChI=1S/C14H16FN3/c15-10-6-7-11-12(8-10)17-14(16)18-13(11)9-4-2-1-3-5-9/h6-9H,1-5H2,(H2,16,17,18). The lowest BCUT2D eigenvalue weighted by atomic mass is 9.85. The van der Waals surface area contributed by atoms with Crippen molar-refractivity contribution in [2.45, 2.75) is 38.0 Å². The number of rotatable bonds is 1. The monoisotopic (exact) mass is 245 g/mol. The Kier molecular flexibility index (Phi) is 2.86. The Bertz CT molecular complexity index is 571. The van der Waals surface area contributed by atoms with E-state index in [2.05, 4.69) is 9.97 Å². The van der Waals surface area contributed by atoms with E-state index in [1.54, 1.807) is 6.07 Å². The lowest BCUT2D eigenvalue weighted by molar-refractivity contribution is 0.439. The van der Waals surface area contributed by atoms with Crippen LogP contribution in [0, 0.1) is 5.82 Å². The van der Waals surface area contributed by atoms with Crippen molar-refractivity contribution >= 4 is 16.9 Å². The van der Waals surface area contributed by atoms with Crippen molar-refractivity contribution in [3.05, 3.63) is 29.7 Å². The van der Waals surface area contributed by atoms with E-state index in [-0.39, 0.29) is 11.8 Å². The lowest BCUT2D eigenvalue weighted by Crippen LogP contribution is -2.09. The molecule has 2 aromatic rings. The SMILES string of the molecule is Nc1nc(C2CCCCC2)c2ccc(F)cc2n1. The number of aromatic nitrogens is 2. The summed E-state index contributed by atoms with van der Waals surface area (Å²) in [7, 11) is 0. The Morgan fingerprint density at radius 3 is 2.67 bits per heavy atom. The van der Waals surface area contributed by atoms with Gasteiger partial charge in [-0.25, -0.2) is 14.4 Å². The Hall–Kier alpha value is -1.71. The number of hydrogen-bond donors (Lipinski definition) is 1. The van der Waals surface area contributed by atoms with E-state index in [1.807, 2.05) is 0 Å². The van der Waals surface area contributed by atoms with Gasteiger partial charge in [0.25, 0.3) is 0 Å². The minimum absolute atomic E-state index is 0.244. The zero-order valence-electron chi connectivity index (χ0n) is 10.2. The second-order valence-corrected chi connectivity index (χ2v) is 4.96. The number of nitrogens with zero attached hydrogens (tertiary/aromatic N) is 2. The summed E-state index contributed by atoms with van der Waals surface area (Å²) in [4.78, 5) is 8.52. The highest BCUT2D eigenvalue weighted by Gasteiger charge is 2.20. The molecule has 0 radical (unpaired) electrons. The minimum Gasteiger partial charge on any atom is -0.368 e. The quantitative estimate of drug-likeness (QED) is 0.837. The Labute approximate surface area is 105 Å². The maximum absolute atomic E-state index is 13.2. The van der Waals surface area contributed by atoms with E-state index >= 15 is 0 Å². The molecule has 0 saturated heterocycles. The van der Waals surface area contributed by atoms with Gasteiger partial charge in [0.05, 0.1) is 11.2 Å². The number of nitrogens with two attached hydrogens (primary N) is 1. The van der Waals surface area contributed by atoms with Gasteiger partial charge in [-0.1, -0.05) is 19.3 Å². The van der Waals surface area contributed by atoms with Gasteiger partial charge in [-0.15, -0.1) is 0 Å². The summed E-state index contributed by atoms with van der Waals surface area (Å²) in [5.74, 6) is 0.404. The zero-order chi connectivity index (χ0) is 12.5. The van der Waals surface area contributed by atoms with Crippen LogP contribution in [-0.2, 0) is 0 Å². The third-order valence-corrected chi connectivity index (χ3v) is 3.70. The maximum atomic E-state index is 13.2. The van der Waals surface area contributed by atoms with Gasteiger partial charge in [-0.3, -0.25) is 0 Å². The van der Waals surface area contributed by atoms with Crippen molar-refractivity contribution in [3.8, 4) is 0 Å². The first kappa shape index (κ1) is 11.4. The van der Waals surface area contributed by atoms with Crippen LogP contribution in [0.2, 0.25) is 0 Å². The molecule has 1 aliphatic carbocycles. The molecule has 0 aliphatic heterocycles. The van der Waals surface area contributed by atoms with Crippen LogP contribution in [0.4, 0.5) is 10.3 Å². The molecule has 1 fully saturated rings. The van der Waals surface area contributed by atoms with Gasteiger partial charge in [0.2, 0.25) is 5.95 Å². The highest BCUT2D eigenvalue weighted by atomic mass is 19.1. The highest BCUT2D eigenvalue weighted by molar-refractivity contribution is 5.82. The van der Waals surface area contributed by atoms with E-state index in [0.717, 1.165) is 23.9 Å². The molecule has 18 heavy (non-hydrogen) atoms. The fourth-order valence-corrected chi connectivity index (χ4v) is 2.83. The molecule has 0 spiro atoms. The molecular formula is C14H16FN3. The average Bonchev–Trinajstić information content (AvgIpc) is 2.38. The van der Waals surface area contributed by atoms with Gasteiger partial charge < -0.3 is 5.73 Å². The van der Waals surface area contributed by atoms with E-state index in [4.69, 9.17) is 5.73 Å². The Morgan fingerprint density at radius 2 is 1.89 bits per heavy atom. The molecule has 3 nitrogen and oxygen atoms in total. The van der Waals surface area contributed by atoms with Crippen LogP contribution < -0.4 is 5.73 Å². The van der Waals surface area contributed by atoms with Gasteiger partial charge >= 0.3 is 0 Å². The third-order valence-electron chi connectivity index (χ3n) is 3.70. The van der Waals surface area contributed by atoms with E-state index < -0.39 is 0 Å². The molecule has 4 heteroatoms. The maximum Gasteiger partial charge on any atom is 0.220 e. The molecule has 1 saturated carbocycles. The molecule has 1 aromatic carbocycles. The molecule has 0 atom stereocenters. The van der Waals surface area contributed by atoms with Crippen LogP contribution in [0.25, 0.3) is 10.9 Å². The van der Waals surface area contributed by atoms with Crippen molar-refractivity contribution in [3.63, 3.8) is 0 Å². The van der Waals surface area contributed by atoms with Crippen LogP contribution in [0.15, 0.2) is 18.2 Å². The molecule has 94 valence electrons. The minimum atomic E-state index is -0.282. The third kappa shape index (κ3) is 2.03. The fraction of sp³-hybridized carbons (Fsp3) is 0.429. The van der Waals surface area contributed by atoms with E-state index in [9.17, 15) is 4.39 Å². The predicted octanol–water partition coefficient (Wildman–Crippen LogP) is 3.40. The Morgan fingerprint density at radius 1 is 1.11 bits per heavy atom. The largest absolute Gasteiger partial charge is 0.368 e. The van der Waals surface area contributed by atoms with Gasteiger partial charge in [-0.05, 0) is 25.0 Å². The van der Waals surface area contributed by atoms with Crippen molar-refractivity contribution in [1.29, 1.82) is 0 Å². The van der Waals surface area contributed by atoms with Crippen molar-refractivity contribution in [2.24, 2.45) is 0 Å². The van der Waals surface area contributed by atoms with Crippen molar-refractivity contribution in [2.75, 3.05) is 5.73 Å². The van der Waals surface area contributed by atoms with Crippen LogP contribution in [0.1, 0.15) is 43.7 Å². The summed E-state index contributed by atoms with van der Waals surface area (Å²) in [6.07, 6.45) is 6.05. The fourth-order valence-electron chi connectivity index (χ4n) is 2.83. The summed E-state index contributed by atoms with van der Waals surface area (Å²) >= 11 is 0. The Balaban J connectivity index is 2.14. The molecule has 0 amide bonds. The van der Waals surface area contributed by atoms with E-state index in [1.165, 1.54) is 31.4 Å².